The van der Waals surface area contributed by atoms with Crippen molar-refractivity contribution in [3.63, 3.8) is 0 Å². The molecule has 3 rings (SSSR count). The Morgan fingerprint density at radius 3 is 2.48 bits per heavy atom. The first-order valence-corrected chi connectivity index (χ1v) is 7.05. The van der Waals surface area contributed by atoms with Gasteiger partial charge in [0.25, 0.3) is 11.1 Å². The highest BCUT2D eigenvalue weighted by Gasteiger charge is 2.36. The number of hydrogen-bond donors (Lipinski definition) is 0. The predicted octanol–water partition coefficient (Wildman–Crippen LogP) is 4.07. The molecule has 0 radical (unpaired) electrons. The van der Waals surface area contributed by atoms with E-state index in [1.165, 1.54) is 18.2 Å². The van der Waals surface area contributed by atoms with Gasteiger partial charge in [-0.2, -0.15) is 0 Å². The van der Waals surface area contributed by atoms with Crippen LogP contribution < -0.4 is 4.90 Å². The van der Waals surface area contributed by atoms with Gasteiger partial charge in [0, 0.05) is 0 Å². The minimum atomic E-state index is -0.388. The monoisotopic (exact) mass is 299 g/mol. The molecule has 1 aliphatic rings. The summed E-state index contributed by atoms with van der Waals surface area (Å²) >= 11 is 0.853. The largest absolute Gasteiger partial charge is 0.298 e. The molecule has 0 aliphatic carbocycles. The Hall–Kier alpha value is -2.40. The number of benzene rings is 2. The lowest BCUT2D eigenvalue weighted by Crippen LogP contribution is -2.27. The first-order chi connectivity index (χ1) is 10.1. The lowest BCUT2D eigenvalue weighted by Gasteiger charge is -2.11. The Morgan fingerprint density at radius 2 is 1.76 bits per heavy atom. The number of carbonyl (C=O) groups is 2. The summed E-state index contributed by atoms with van der Waals surface area (Å²) in [5.74, 6) is -0.772. The zero-order chi connectivity index (χ0) is 14.8. The van der Waals surface area contributed by atoms with Crippen molar-refractivity contribution in [3.05, 3.63) is 70.9 Å². The lowest BCUT2D eigenvalue weighted by molar-refractivity contribution is -0.113. The van der Waals surface area contributed by atoms with E-state index in [2.05, 4.69) is 0 Å². The van der Waals surface area contributed by atoms with Gasteiger partial charge in [0.2, 0.25) is 0 Å². The Kier molecular flexibility index (Phi) is 3.58. The molecule has 2 amide bonds. The highest BCUT2D eigenvalue weighted by molar-refractivity contribution is 8.19. The van der Waals surface area contributed by atoms with Crippen LogP contribution in [-0.4, -0.2) is 11.1 Å². The molecule has 2 aromatic carbocycles. The van der Waals surface area contributed by atoms with E-state index in [0.717, 1.165) is 16.7 Å². The second-order valence-electron chi connectivity index (χ2n) is 4.41. The average Bonchev–Trinajstić information content (AvgIpc) is 2.74. The number of carbonyl (C=O) groups excluding carboxylic acids is 2. The van der Waals surface area contributed by atoms with Crippen LogP contribution in [0.15, 0.2) is 59.5 Å². The molecule has 3 nitrogen and oxygen atoms in total. The quantitative estimate of drug-likeness (QED) is 0.785. The van der Waals surface area contributed by atoms with Crippen LogP contribution in [0.2, 0.25) is 0 Å². The summed E-state index contributed by atoms with van der Waals surface area (Å²) in [6.45, 7) is 0. The van der Waals surface area contributed by atoms with Crippen LogP contribution in [-0.2, 0) is 4.79 Å². The topological polar surface area (TPSA) is 37.4 Å². The molecule has 1 saturated heterocycles. The highest BCUT2D eigenvalue weighted by atomic mass is 32.2. The summed E-state index contributed by atoms with van der Waals surface area (Å²) in [7, 11) is 0. The van der Waals surface area contributed by atoms with E-state index in [9.17, 15) is 14.0 Å². The molecule has 5 heteroatoms. The molecule has 2 aromatic rings. The first kappa shape index (κ1) is 13.6. The Bertz CT molecular complexity index is 743. The molecule has 0 spiro atoms. The fourth-order valence-corrected chi connectivity index (χ4v) is 2.86. The average molecular weight is 299 g/mol. The molecule has 1 heterocycles. The molecule has 104 valence electrons. The number of hydrogen-bond acceptors (Lipinski definition) is 3. The first-order valence-electron chi connectivity index (χ1n) is 6.24. The maximum absolute atomic E-state index is 13.2. The molecule has 0 bridgehead atoms. The zero-order valence-corrected chi connectivity index (χ0v) is 11.6. The van der Waals surface area contributed by atoms with E-state index in [1.54, 1.807) is 36.4 Å². The summed E-state index contributed by atoms with van der Waals surface area (Å²) < 4.78 is 13.2. The van der Waals surface area contributed by atoms with Crippen LogP contribution >= 0.6 is 11.8 Å². The summed E-state index contributed by atoms with van der Waals surface area (Å²) in [6, 6.07) is 14.6. The van der Waals surface area contributed by atoms with Gasteiger partial charge in [0.15, 0.2) is 0 Å². The molecule has 1 aliphatic heterocycles. The van der Waals surface area contributed by atoms with Crippen LogP contribution in [0.25, 0.3) is 6.08 Å². The third-order valence-corrected chi connectivity index (χ3v) is 3.82. The number of thioether (sulfide) groups is 1. The number of para-hydroxylation sites is 1. The van der Waals surface area contributed by atoms with Crippen molar-refractivity contribution < 1.29 is 14.0 Å². The molecule has 1 fully saturated rings. The van der Waals surface area contributed by atoms with Crippen molar-refractivity contribution in [2.75, 3.05) is 4.90 Å². The number of imide groups is 1. The molecular weight excluding hydrogens is 289 g/mol. The van der Waals surface area contributed by atoms with E-state index in [0.29, 0.717) is 11.3 Å². The second kappa shape index (κ2) is 5.54. The van der Waals surface area contributed by atoms with Gasteiger partial charge in [-0.3, -0.25) is 9.59 Å². The third kappa shape index (κ3) is 2.73. The zero-order valence-electron chi connectivity index (χ0n) is 10.8. The van der Waals surface area contributed by atoms with Crippen LogP contribution in [0.3, 0.4) is 0 Å². The van der Waals surface area contributed by atoms with E-state index < -0.39 is 0 Å². The normalized spacial score (nSPS) is 16.8. The van der Waals surface area contributed by atoms with Gasteiger partial charge in [-0.05, 0) is 47.7 Å². The fourth-order valence-electron chi connectivity index (χ4n) is 2.02. The van der Waals surface area contributed by atoms with Gasteiger partial charge < -0.3 is 0 Å². The van der Waals surface area contributed by atoms with Gasteiger partial charge in [-0.25, -0.2) is 9.29 Å². The maximum atomic E-state index is 13.2. The minimum Gasteiger partial charge on any atom is -0.268 e. The number of anilines is 1. The number of nitrogens with zero attached hydrogens (tertiary/aromatic N) is 1. The number of halogens is 1. The van der Waals surface area contributed by atoms with Gasteiger partial charge in [0.1, 0.15) is 5.82 Å². The third-order valence-electron chi connectivity index (χ3n) is 2.95. The van der Waals surface area contributed by atoms with Gasteiger partial charge >= 0.3 is 0 Å². The van der Waals surface area contributed by atoms with E-state index in [-0.39, 0.29) is 21.9 Å². The van der Waals surface area contributed by atoms with Crippen molar-refractivity contribution in [2.24, 2.45) is 0 Å². The Balaban J connectivity index is 1.94. The van der Waals surface area contributed by atoms with Crippen molar-refractivity contribution in [3.8, 4) is 0 Å². The molecule has 21 heavy (non-hydrogen) atoms. The highest BCUT2D eigenvalue weighted by Crippen LogP contribution is 2.35. The Morgan fingerprint density at radius 1 is 1.00 bits per heavy atom. The number of amides is 2. The van der Waals surface area contributed by atoms with Crippen molar-refractivity contribution >= 4 is 34.7 Å². The molecule has 0 atom stereocenters. The van der Waals surface area contributed by atoms with Crippen LogP contribution in [0.4, 0.5) is 14.9 Å². The smallest absolute Gasteiger partial charge is 0.268 e. The summed E-state index contributed by atoms with van der Waals surface area (Å²) in [4.78, 5) is 25.7. The van der Waals surface area contributed by atoms with E-state index >= 15 is 0 Å². The van der Waals surface area contributed by atoms with Crippen LogP contribution in [0, 0.1) is 5.82 Å². The molecular formula is C16H10FNO2S. The summed E-state index contributed by atoms with van der Waals surface area (Å²) in [5.41, 5.74) is 1.08. The predicted molar refractivity (Wildman–Crippen MR) is 81.3 cm³/mol. The molecule has 0 aromatic heterocycles. The van der Waals surface area contributed by atoms with Gasteiger partial charge in [0.05, 0.1) is 10.6 Å². The Labute approximate surface area is 125 Å². The molecule has 0 N–H and O–H groups in total. The standard InChI is InChI=1S/C16H10FNO2S/c17-12-6-4-5-11(9-12)10-14-15(19)18(16(20)21-14)13-7-2-1-3-8-13/h1-10H. The fraction of sp³-hybridized carbons (Fsp3) is 0. The maximum Gasteiger partial charge on any atom is 0.298 e. The van der Waals surface area contributed by atoms with Gasteiger partial charge in [-0.15, -0.1) is 0 Å². The second-order valence-corrected chi connectivity index (χ2v) is 5.40. The molecule has 0 saturated carbocycles. The van der Waals surface area contributed by atoms with E-state index in [4.69, 9.17) is 0 Å². The van der Waals surface area contributed by atoms with Crippen molar-refractivity contribution in [1.82, 2.24) is 0 Å². The lowest BCUT2D eigenvalue weighted by atomic mass is 10.2. The summed E-state index contributed by atoms with van der Waals surface area (Å²) in [6.07, 6.45) is 1.52. The van der Waals surface area contributed by atoms with Crippen LogP contribution in [0.1, 0.15) is 5.56 Å². The number of rotatable bonds is 2. The van der Waals surface area contributed by atoms with Crippen molar-refractivity contribution in [1.29, 1.82) is 0 Å². The molecule has 0 unspecified atom stereocenters. The van der Waals surface area contributed by atoms with Gasteiger partial charge in [-0.1, -0.05) is 30.3 Å². The summed E-state index contributed by atoms with van der Waals surface area (Å²) in [5, 5.41) is -0.353. The van der Waals surface area contributed by atoms with Crippen molar-refractivity contribution in [2.45, 2.75) is 0 Å². The van der Waals surface area contributed by atoms with Crippen LogP contribution in [0.5, 0.6) is 0 Å². The van der Waals surface area contributed by atoms with E-state index in [1.807, 2.05) is 6.07 Å². The minimum absolute atomic E-state index is 0.287. The SMILES string of the molecule is O=C1SC(=Cc2cccc(F)c2)C(=O)N1c1ccccc1.